The summed E-state index contributed by atoms with van der Waals surface area (Å²) in [5, 5.41) is 0. The molecule has 0 aliphatic carbocycles. The van der Waals surface area contributed by atoms with Crippen molar-refractivity contribution in [2.24, 2.45) is 0 Å². The standard InChI is InChI=1S/C18H32O6/c1-4-6-7-8-9-10-11-12-13-14-17(20)22-15(3)18(21)24-23-16(19)5-2/h15H,4-14H2,1-3H3. The van der Waals surface area contributed by atoms with Crippen LogP contribution in [0, 0.1) is 0 Å². The molecule has 0 aliphatic heterocycles. The Morgan fingerprint density at radius 3 is 1.83 bits per heavy atom. The van der Waals surface area contributed by atoms with E-state index in [4.69, 9.17) is 4.74 Å². The molecule has 0 aromatic rings. The lowest BCUT2D eigenvalue weighted by molar-refractivity contribution is -0.264. The van der Waals surface area contributed by atoms with Gasteiger partial charge in [0.15, 0.2) is 0 Å². The molecular formula is C18H32O6. The zero-order valence-electron chi connectivity index (χ0n) is 15.3. The molecule has 0 radical (unpaired) electrons. The molecule has 0 aliphatic rings. The van der Waals surface area contributed by atoms with E-state index in [-0.39, 0.29) is 12.8 Å². The van der Waals surface area contributed by atoms with Crippen LogP contribution in [0.4, 0.5) is 0 Å². The summed E-state index contributed by atoms with van der Waals surface area (Å²) in [5.41, 5.74) is 0. The second-order valence-electron chi connectivity index (χ2n) is 5.92. The van der Waals surface area contributed by atoms with E-state index < -0.39 is 24.0 Å². The van der Waals surface area contributed by atoms with Crippen LogP contribution in [0.2, 0.25) is 0 Å². The third kappa shape index (κ3) is 12.9. The number of ether oxygens (including phenoxy) is 1. The van der Waals surface area contributed by atoms with Crippen molar-refractivity contribution in [2.45, 2.75) is 97.5 Å². The minimum absolute atomic E-state index is 0.0973. The van der Waals surface area contributed by atoms with E-state index >= 15 is 0 Å². The highest BCUT2D eigenvalue weighted by Crippen LogP contribution is 2.11. The summed E-state index contributed by atoms with van der Waals surface area (Å²) in [6.07, 6.45) is 9.76. The minimum atomic E-state index is -1.08. The average Bonchev–Trinajstić information content (AvgIpc) is 2.57. The van der Waals surface area contributed by atoms with Crippen LogP contribution in [0.3, 0.4) is 0 Å². The highest BCUT2D eigenvalue weighted by atomic mass is 17.2. The largest absolute Gasteiger partial charge is 0.450 e. The fourth-order valence-electron chi connectivity index (χ4n) is 2.10. The first-order valence-electron chi connectivity index (χ1n) is 9.11. The lowest BCUT2D eigenvalue weighted by Crippen LogP contribution is -2.27. The van der Waals surface area contributed by atoms with Crippen LogP contribution in [0.1, 0.15) is 91.4 Å². The molecular weight excluding hydrogens is 312 g/mol. The van der Waals surface area contributed by atoms with Crippen LogP contribution >= 0.6 is 0 Å². The number of carbonyl (C=O) groups is 3. The molecule has 6 nitrogen and oxygen atoms in total. The van der Waals surface area contributed by atoms with Gasteiger partial charge in [-0.25, -0.2) is 19.4 Å². The molecule has 0 aromatic carbocycles. The lowest BCUT2D eigenvalue weighted by Gasteiger charge is -2.11. The number of hydrogen-bond donors (Lipinski definition) is 0. The van der Waals surface area contributed by atoms with Crippen molar-refractivity contribution in [3.8, 4) is 0 Å². The number of hydrogen-bond acceptors (Lipinski definition) is 6. The van der Waals surface area contributed by atoms with Crippen molar-refractivity contribution in [1.29, 1.82) is 0 Å². The maximum atomic E-state index is 11.6. The normalized spacial score (nSPS) is 11.6. The number of esters is 1. The first-order chi connectivity index (χ1) is 11.5. The molecule has 24 heavy (non-hydrogen) atoms. The Balaban J connectivity index is 3.60. The van der Waals surface area contributed by atoms with E-state index in [1.165, 1.54) is 45.4 Å². The Hall–Kier alpha value is -1.59. The Labute approximate surface area is 145 Å². The van der Waals surface area contributed by atoms with Crippen LogP contribution in [-0.4, -0.2) is 24.0 Å². The second kappa shape index (κ2) is 15.0. The predicted octanol–water partition coefficient (Wildman–Crippen LogP) is 4.25. The zero-order valence-corrected chi connectivity index (χ0v) is 15.3. The third-order valence-electron chi connectivity index (χ3n) is 3.63. The topological polar surface area (TPSA) is 78.9 Å². The van der Waals surface area contributed by atoms with Gasteiger partial charge in [0.25, 0.3) is 0 Å². The van der Waals surface area contributed by atoms with E-state index in [1.807, 2.05) is 0 Å². The molecule has 0 rings (SSSR count). The predicted molar refractivity (Wildman–Crippen MR) is 89.9 cm³/mol. The summed E-state index contributed by atoms with van der Waals surface area (Å²) in [6.45, 7) is 5.17. The Kier molecular flexibility index (Phi) is 14.0. The zero-order chi connectivity index (χ0) is 18.2. The van der Waals surface area contributed by atoms with Gasteiger partial charge in [-0.15, -0.1) is 0 Å². The van der Waals surface area contributed by atoms with Crippen LogP contribution in [-0.2, 0) is 28.9 Å². The van der Waals surface area contributed by atoms with Crippen molar-refractivity contribution in [2.75, 3.05) is 0 Å². The Morgan fingerprint density at radius 1 is 0.750 bits per heavy atom. The third-order valence-corrected chi connectivity index (χ3v) is 3.63. The van der Waals surface area contributed by atoms with Gasteiger partial charge < -0.3 is 4.74 Å². The fourth-order valence-corrected chi connectivity index (χ4v) is 2.10. The van der Waals surface area contributed by atoms with Gasteiger partial charge in [-0.3, -0.25) is 4.79 Å². The summed E-state index contributed by atoms with van der Waals surface area (Å²) < 4.78 is 4.95. The summed E-state index contributed by atoms with van der Waals surface area (Å²) in [6, 6.07) is 0. The molecule has 6 heteroatoms. The van der Waals surface area contributed by atoms with Crippen LogP contribution in [0.25, 0.3) is 0 Å². The lowest BCUT2D eigenvalue weighted by atomic mass is 10.1. The van der Waals surface area contributed by atoms with Gasteiger partial charge in [0.2, 0.25) is 6.10 Å². The van der Waals surface area contributed by atoms with Gasteiger partial charge in [-0.05, 0) is 13.3 Å². The van der Waals surface area contributed by atoms with Crippen molar-refractivity contribution in [3.05, 3.63) is 0 Å². The molecule has 1 atom stereocenters. The highest BCUT2D eigenvalue weighted by Gasteiger charge is 2.21. The van der Waals surface area contributed by atoms with Gasteiger partial charge in [-0.2, -0.15) is 0 Å². The monoisotopic (exact) mass is 344 g/mol. The highest BCUT2D eigenvalue weighted by molar-refractivity contribution is 5.79. The summed E-state index contributed by atoms with van der Waals surface area (Å²) >= 11 is 0. The molecule has 0 fully saturated rings. The molecule has 0 bridgehead atoms. The van der Waals surface area contributed by atoms with Crippen LogP contribution in [0.15, 0.2) is 0 Å². The SMILES string of the molecule is CCCCCCCCCCCC(=O)OC(C)C(=O)OOC(=O)CC. The molecule has 0 amide bonds. The summed E-state index contributed by atoms with van der Waals surface area (Å²) in [7, 11) is 0. The molecule has 0 heterocycles. The first-order valence-corrected chi connectivity index (χ1v) is 9.11. The average molecular weight is 344 g/mol. The fraction of sp³-hybridized carbons (Fsp3) is 0.833. The van der Waals surface area contributed by atoms with Gasteiger partial charge in [0.05, 0.1) is 0 Å². The van der Waals surface area contributed by atoms with Crippen molar-refractivity contribution in [3.63, 3.8) is 0 Å². The van der Waals surface area contributed by atoms with Crippen LogP contribution in [0.5, 0.6) is 0 Å². The molecule has 0 aromatic heterocycles. The smallest absolute Gasteiger partial charge is 0.395 e. The quantitative estimate of drug-likeness (QED) is 0.215. The molecule has 0 spiro atoms. The van der Waals surface area contributed by atoms with Gasteiger partial charge >= 0.3 is 17.9 Å². The molecule has 0 N–H and O–H groups in total. The van der Waals surface area contributed by atoms with Gasteiger partial charge in [0, 0.05) is 12.8 Å². The van der Waals surface area contributed by atoms with Crippen LogP contribution < -0.4 is 0 Å². The van der Waals surface area contributed by atoms with Crippen molar-refractivity contribution < 1.29 is 28.9 Å². The number of rotatable bonds is 13. The number of unbranched alkanes of at least 4 members (excludes halogenated alkanes) is 8. The Morgan fingerprint density at radius 2 is 1.29 bits per heavy atom. The number of carbonyl (C=O) groups excluding carboxylic acids is 3. The maximum absolute atomic E-state index is 11.6. The molecule has 0 saturated heterocycles. The van der Waals surface area contributed by atoms with E-state index in [0.717, 1.165) is 19.3 Å². The molecule has 140 valence electrons. The van der Waals surface area contributed by atoms with Crippen molar-refractivity contribution >= 4 is 17.9 Å². The molecule has 1 unspecified atom stereocenters. The van der Waals surface area contributed by atoms with E-state index in [0.29, 0.717) is 0 Å². The van der Waals surface area contributed by atoms with E-state index in [9.17, 15) is 14.4 Å². The summed E-state index contributed by atoms with van der Waals surface area (Å²) in [5.74, 6) is -1.99. The van der Waals surface area contributed by atoms with E-state index in [2.05, 4.69) is 16.7 Å². The van der Waals surface area contributed by atoms with Gasteiger partial charge in [0.1, 0.15) is 0 Å². The summed E-state index contributed by atoms with van der Waals surface area (Å²) in [4.78, 5) is 42.4. The van der Waals surface area contributed by atoms with Crippen molar-refractivity contribution in [1.82, 2.24) is 0 Å². The van der Waals surface area contributed by atoms with E-state index in [1.54, 1.807) is 6.92 Å². The second-order valence-corrected chi connectivity index (χ2v) is 5.92. The minimum Gasteiger partial charge on any atom is -0.450 e. The molecule has 0 saturated carbocycles. The van der Waals surface area contributed by atoms with Gasteiger partial charge in [-0.1, -0.05) is 65.2 Å². The Bertz CT molecular complexity index is 367. The first kappa shape index (κ1) is 22.4. The maximum Gasteiger partial charge on any atom is 0.395 e.